The van der Waals surface area contributed by atoms with Gasteiger partial charge in [-0.1, -0.05) is 36.0 Å². The molecule has 0 atom stereocenters. The zero-order valence-electron chi connectivity index (χ0n) is 14.4. The average molecular weight is 346 g/mol. The van der Waals surface area contributed by atoms with Crippen LogP contribution < -0.4 is 5.32 Å². The number of amides is 2. The second kappa shape index (κ2) is 7.21. The Balaban J connectivity index is 2.16. The fraction of sp³-hybridized carbons (Fsp3) is 0.389. The van der Waals surface area contributed by atoms with Crippen molar-refractivity contribution in [2.24, 2.45) is 0 Å². The topological polar surface area (TPSA) is 66.5 Å². The van der Waals surface area contributed by atoms with Gasteiger partial charge in [-0.15, -0.1) is 0 Å². The Hall–Kier alpha value is -2.08. The first-order valence-corrected chi connectivity index (χ1v) is 8.72. The molecule has 0 unspecified atom stereocenters. The summed E-state index contributed by atoms with van der Waals surface area (Å²) in [6, 6.07) is 7.30. The van der Waals surface area contributed by atoms with Crippen LogP contribution in [0.3, 0.4) is 0 Å². The molecule has 6 heteroatoms. The highest BCUT2D eigenvalue weighted by molar-refractivity contribution is 8.04. The summed E-state index contributed by atoms with van der Waals surface area (Å²) in [7, 11) is 0. The van der Waals surface area contributed by atoms with Crippen molar-refractivity contribution in [2.75, 3.05) is 12.3 Å². The number of ketones is 1. The number of aryl methyl sites for hydroxylation is 1. The van der Waals surface area contributed by atoms with Crippen molar-refractivity contribution in [1.82, 2.24) is 10.2 Å². The minimum Gasteiger partial charge on any atom is -0.350 e. The molecule has 0 radical (unpaired) electrons. The maximum atomic E-state index is 12.5. The Bertz CT molecular complexity index is 704. The molecule has 1 N–H and O–H groups in total. The van der Waals surface area contributed by atoms with Crippen molar-refractivity contribution in [3.63, 3.8) is 0 Å². The number of hydrogen-bond donors (Lipinski definition) is 1. The molecule has 128 valence electrons. The van der Waals surface area contributed by atoms with Crippen LogP contribution in [0.1, 0.15) is 36.7 Å². The maximum absolute atomic E-state index is 12.5. The van der Waals surface area contributed by atoms with Crippen molar-refractivity contribution < 1.29 is 14.4 Å². The standard InChI is InChI=1S/C18H22N2O3S/c1-12-7-5-6-8-13(12)14(21)9-17-20(16(23)11-24-17)10-15(22)19-18(2,3)4/h5-9H,10-11H2,1-4H3,(H,19,22)/b17-9-. The highest BCUT2D eigenvalue weighted by Gasteiger charge is 2.30. The number of hydrogen-bond acceptors (Lipinski definition) is 4. The second-order valence-electron chi connectivity index (χ2n) is 6.73. The third-order valence-electron chi connectivity index (χ3n) is 3.39. The van der Waals surface area contributed by atoms with E-state index in [4.69, 9.17) is 0 Å². The molecule has 1 aliphatic heterocycles. The van der Waals surface area contributed by atoms with Crippen LogP contribution in [0.15, 0.2) is 35.4 Å². The van der Waals surface area contributed by atoms with E-state index in [-0.39, 0.29) is 35.4 Å². The van der Waals surface area contributed by atoms with Gasteiger partial charge in [-0.25, -0.2) is 0 Å². The maximum Gasteiger partial charge on any atom is 0.240 e. The summed E-state index contributed by atoms with van der Waals surface area (Å²) >= 11 is 1.28. The quantitative estimate of drug-likeness (QED) is 0.672. The van der Waals surface area contributed by atoms with Gasteiger partial charge < -0.3 is 5.32 Å². The molecule has 0 saturated carbocycles. The number of nitrogens with one attached hydrogen (secondary N) is 1. The van der Waals surface area contributed by atoms with Crippen molar-refractivity contribution in [1.29, 1.82) is 0 Å². The number of rotatable bonds is 4. The average Bonchev–Trinajstić information content (AvgIpc) is 2.78. The van der Waals surface area contributed by atoms with E-state index in [9.17, 15) is 14.4 Å². The molecule has 1 saturated heterocycles. The Labute approximate surface area is 146 Å². The number of nitrogens with zero attached hydrogens (tertiary/aromatic N) is 1. The van der Waals surface area contributed by atoms with Gasteiger partial charge in [0.05, 0.1) is 10.8 Å². The SMILES string of the molecule is Cc1ccccc1C(=O)/C=C1\SCC(=O)N1CC(=O)NC(C)(C)C. The van der Waals surface area contributed by atoms with E-state index in [2.05, 4.69) is 5.32 Å². The Kier molecular flexibility index (Phi) is 5.49. The van der Waals surface area contributed by atoms with Gasteiger partial charge >= 0.3 is 0 Å². The highest BCUT2D eigenvalue weighted by atomic mass is 32.2. The smallest absolute Gasteiger partial charge is 0.240 e. The highest BCUT2D eigenvalue weighted by Crippen LogP contribution is 2.29. The number of thioether (sulfide) groups is 1. The van der Waals surface area contributed by atoms with E-state index < -0.39 is 0 Å². The lowest BCUT2D eigenvalue weighted by Gasteiger charge is -2.23. The molecule has 2 amide bonds. The molecular formula is C18H22N2O3S. The predicted molar refractivity (Wildman–Crippen MR) is 95.7 cm³/mol. The molecule has 1 aromatic rings. The lowest BCUT2D eigenvalue weighted by molar-refractivity contribution is -0.131. The van der Waals surface area contributed by atoms with Gasteiger partial charge in [0.1, 0.15) is 6.54 Å². The van der Waals surface area contributed by atoms with Crippen LogP contribution in [-0.4, -0.2) is 40.3 Å². The van der Waals surface area contributed by atoms with Crippen LogP contribution in [0.25, 0.3) is 0 Å². The van der Waals surface area contributed by atoms with Crippen LogP contribution in [0.4, 0.5) is 0 Å². The molecule has 1 aliphatic rings. The molecule has 1 heterocycles. The summed E-state index contributed by atoms with van der Waals surface area (Å²) in [5.74, 6) is -0.317. The molecule has 0 aromatic heterocycles. The minimum absolute atomic E-state index is 0.0734. The van der Waals surface area contributed by atoms with E-state index >= 15 is 0 Å². The molecular weight excluding hydrogens is 324 g/mol. The van der Waals surface area contributed by atoms with Crippen LogP contribution in [0.2, 0.25) is 0 Å². The molecule has 5 nitrogen and oxygen atoms in total. The summed E-state index contributed by atoms with van der Waals surface area (Å²) in [6.45, 7) is 7.43. The third-order valence-corrected chi connectivity index (χ3v) is 4.42. The van der Waals surface area contributed by atoms with Gasteiger partial charge in [-0.2, -0.15) is 0 Å². The predicted octanol–water partition coefficient (Wildman–Crippen LogP) is 2.51. The molecule has 1 aromatic carbocycles. The van der Waals surface area contributed by atoms with Crippen molar-refractivity contribution in [2.45, 2.75) is 33.2 Å². The van der Waals surface area contributed by atoms with E-state index in [0.717, 1.165) is 5.56 Å². The van der Waals surface area contributed by atoms with Crippen LogP contribution in [-0.2, 0) is 9.59 Å². The first-order valence-electron chi connectivity index (χ1n) is 7.73. The molecule has 1 fully saturated rings. The van der Waals surface area contributed by atoms with Gasteiger partial charge in [0.15, 0.2) is 5.78 Å². The summed E-state index contributed by atoms with van der Waals surface area (Å²) < 4.78 is 0. The van der Waals surface area contributed by atoms with Gasteiger partial charge in [0.25, 0.3) is 0 Å². The summed E-state index contributed by atoms with van der Waals surface area (Å²) in [5.41, 5.74) is 1.11. The van der Waals surface area contributed by atoms with E-state index in [1.807, 2.05) is 39.8 Å². The zero-order valence-corrected chi connectivity index (χ0v) is 15.2. The van der Waals surface area contributed by atoms with Crippen molar-refractivity contribution >= 4 is 29.4 Å². The number of carbonyl (C=O) groups is 3. The van der Waals surface area contributed by atoms with Crippen LogP contribution >= 0.6 is 11.8 Å². The first kappa shape index (κ1) is 18.3. The van der Waals surface area contributed by atoms with Gasteiger partial charge in [0.2, 0.25) is 11.8 Å². The fourth-order valence-electron chi connectivity index (χ4n) is 2.34. The molecule has 2 rings (SSSR count). The normalized spacial score (nSPS) is 16.6. The number of carbonyl (C=O) groups excluding carboxylic acids is 3. The van der Waals surface area contributed by atoms with Gasteiger partial charge in [0, 0.05) is 17.2 Å². The first-order chi connectivity index (χ1) is 11.2. The molecule has 0 aliphatic carbocycles. The van der Waals surface area contributed by atoms with Crippen molar-refractivity contribution in [3.05, 3.63) is 46.5 Å². The number of allylic oxidation sites excluding steroid dienone is 1. The Morgan fingerprint density at radius 2 is 1.96 bits per heavy atom. The summed E-state index contributed by atoms with van der Waals surface area (Å²) in [4.78, 5) is 38.0. The largest absolute Gasteiger partial charge is 0.350 e. The molecule has 0 bridgehead atoms. The lowest BCUT2D eigenvalue weighted by atomic mass is 10.1. The zero-order chi connectivity index (χ0) is 17.9. The van der Waals surface area contributed by atoms with Crippen molar-refractivity contribution in [3.8, 4) is 0 Å². The fourth-order valence-corrected chi connectivity index (χ4v) is 3.28. The van der Waals surface area contributed by atoms with Crippen LogP contribution in [0, 0.1) is 6.92 Å². The summed E-state index contributed by atoms with van der Waals surface area (Å²) in [5, 5.41) is 3.35. The van der Waals surface area contributed by atoms with Gasteiger partial charge in [-0.3, -0.25) is 19.3 Å². The monoisotopic (exact) mass is 346 g/mol. The third kappa shape index (κ3) is 4.71. The summed E-state index contributed by atoms with van der Waals surface area (Å²) in [6.07, 6.45) is 1.45. The molecule has 0 spiro atoms. The Morgan fingerprint density at radius 3 is 2.58 bits per heavy atom. The second-order valence-corrected chi connectivity index (χ2v) is 7.72. The van der Waals surface area contributed by atoms with E-state index in [1.165, 1.54) is 22.7 Å². The Morgan fingerprint density at radius 1 is 1.29 bits per heavy atom. The van der Waals surface area contributed by atoms with E-state index in [1.54, 1.807) is 12.1 Å². The number of benzene rings is 1. The van der Waals surface area contributed by atoms with E-state index in [0.29, 0.717) is 10.6 Å². The van der Waals surface area contributed by atoms with Crippen LogP contribution in [0.5, 0.6) is 0 Å². The van der Waals surface area contributed by atoms with Gasteiger partial charge in [-0.05, 0) is 33.3 Å². The lowest BCUT2D eigenvalue weighted by Crippen LogP contribution is -2.46. The molecule has 24 heavy (non-hydrogen) atoms. The minimum atomic E-state index is -0.367.